The summed E-state index contributed by atoms with van der Waals surface area (Å²) in [6.07, 6.45) is 1.42. The summed E-state index contributed by atoms with van der Waals surface area (Å²) in [6, 6.07) is 11.7. The van der Waals surface area contributed by atoms with Gasteiger partial charge >= 0.3 is 0 Å². The molecule has 2 aromatic heterocycles. The minimum Gasteiger partial charge on any atom is -0.358 e. The van der Waals surface area contributed by atoms with E-state index in [1.165, 1.54) is 28.0 Å². The van der Waals surface area contributed by atoms with Gasteiger partial charge in [0.15, 0.2) is 5.78 Å². The maximum absolute atomic E-state index is 12.6. The second kappa shape index (κ2) is 8.61. The maximum Gasteiger partial charge on any atom is 0.224 e. The molecular formula is C22H23N3O3S. The van der Waals surface area contributed by atoms with Crippen LogP contribution in [0.1, 0.15) is 40.2 Å². The standard InChI is InChI=1S/C22H23N3O3S/c26-19(20-6-3-13-29-20)7-8-21(27)23-11-9-22(28)25-12-10-18-16(14-25)15-4-1-2-5-17(15)24-18/h1-6,13,24H,7-12,14H2,(H,23,27). The third kappa shape index (κ3) is 4.40. The molecule has 2 amide bonds. The first-order valence-corrected chi connectivity index (χ1v) is 10.7. The number of amides is 2. The lowest BCUT2D eigenvalue weighted by atomic mass is 10.0. The zero-order chi connectivity index (χ0) is 20.2. The number of carbonyl (C=O) groups is 3. The Morgan fingerprint density at radius 2 is 1.93 bits per heavy atom. The molecule has 7 heteroatoms. The summed E-state index contributed by atoms with van der Waals surface area (Å²) in [7, 11) is 0. The fourth-order valence-corrected chi connectivity index (χ4v) is 4.42. The Hall–Kier alpha value is -2.93. The van der Waals surface area contributed by atoms with E-state index in [1.807, 2.05) is 28.5 Å². The molecule has 29 heavy (non-hydrogen) atoms. The van der Waals surface area contributed by atoms with Crippen molar-refractivity contribution in [1.82, 2.24) is 15.2 Å². The molecule has 3 heterocycles. The number of hydrogen-bond acceptors (Lipinski definition) is 4. The van der Waals surface area contributed by atoms with Gasteiger partial charge in [-0.25, -0.2) is 0 Å². The Kier molecular flexibility index (Phi) is 5.76. The number of fused-ring (bicyclic) bond motifs is 3. The van der Waals surface area contributed by atoms with E-state index in [9.17, 15) is 14.4 Å². The van der Waals surface area contributed by atoms with Crippen LogP contribution in [-0.2, 0) is 22.6 Å². The molecule has 0 spiro atoms. The zero-order valence-electron chi connectivity index (χ0n) is 16.1. The molecule has 1 aliphatic heterocycles. The molecule has 0 saturated carbocycles. The van der Waals surface area contributed by atoms with Crippen molar-refractivity contribution in [3.05, 3.63) is 57.9 Å². The van der Waals surface area contributed by atoms with Crippen molar-refractivity contribution in [1.29, 1.82) is 0 Å². The zero-order valence-corrected chi connectivity index (χ0v) is 16.9. The van der Waals surface area contributed by atoms with Crippen LogP contribution in [-0.4, -0.2) is 40.6 Å². The number of thiophene rings is 1. The highest BCUT2D eigenvalue weighted by molar-refractivity contribution is 7.12. The first kappa shape index (κ1) is 19.4. The average Bonchev–Trinajstić information content (AvgIpc) is 3.39. The number of aromatic amines is 1. The smallest absolute Gasteiger partial charge is 0.224 e. The normalized spacial score (nSPS) is 13.3. The van der Waals surface area contributed by atoms with Gasteiger partial charge in [0.05, 0.1) is 4.88 Å². The van der Waals surface area contributed by atoms with Crippen molar-refractivity contribution in [3.8, 4) is 0 Å². The Balaban J connectivity index is 1.23. The second-order valence-corrected chi connectivity index (χ2v) is 8.14. The number of para-hydroxylation sites is 1. The monoisotopic (exact) mass is 409 g/mol. The quantitative estimate of drug-likeness (QED) is 0.588. The van der Waals surface area contributed by atoms with Crippen LogP contribution in [0.2, 0.25) is 0 Å². The summed E-state index contributed by atoms with van der Waals surface area (Å²) in [5, 5.41) is 5.77. The predicted octanol–water partition coefficient (Wildman–Crippen LogP) is 3.28. The molecule has 1 aliphatic rings. The number of rotatable bonds is 7. The topological polar surface area (TPSA) is 82.3 Å². The molecular weight excluding hydrogens is 386 g/mol. The summed E-state index contributed by atoms with van der Waals surface area (Å²) in [5.74, 6) is -0.176. The summed E-state index contributed by atoms with van der Waals surface area (Å²) >= 11 is 1.38. The number of nitrogens with zero attached hydrogens (tertiary/aromatic N) is 1. The van der Waals surface area contributed by atoms with Gasteiger partial charge in [-0.2, -0.15) is 0 Å². The molecule has 150 valence electrons. The fraction of sp³-hybridized carbons (Fsp3) is 0.318. The maximum atomic E-state index is 12.6. The van der Waals surface area contributed by atoms with E-state index in [0.717, 1.165) is 11.9 Å². The number of ketones is 1. The predicted molar refractivity (Wildman–Crippen MR) is 113 cm³/mol. The number of nitrogens with one attached hydrogen (secondary N) is 2. The lowest BCUT2D eigenvalue weighted by molar-refractivity contribution is -0.132. The van der Waals surface area contributed by atoms with Crippen molar-refractivity contribution >= 4 is 39.8 Å². The van der Waals surface area contributed by atoms with Gasteiger partial charge in [-0.15, -0.1) is 11.3 Å². The van der Waals surface area contributed by atoms with Gasteiger partial charge in [0.25, 0.3) is 0 Å². The van der Waals surface area contributed by atoms with Crippen LogP contribution < -0.4 is 5.32 Å². The first-order valence-electron chi connectivity index (χ1n) is 9.81. The van der Waals surface area contributed by atoms with E-state index in [-0.39, 0.29) is 36.9 Å². The lowest BCUT2D eigenvalue weighted by Gasteiger charge is -2.27. The van der Waals surface area contributed by atoms with Gasteiger partial charge in [0.1, 0.15) is 0 Å². The van der Waals surface area contributed by atoms with E-state index in [2.05, 4.69) is 22.4 Å². The van der Waals surface area contributed by atoms with Crippen LogP contribution in [0.4, 0.5) is 0 Å². The van der Waals surface area contributed by atoms with Crippen LogP contribution in [0.15, 0.2) is 41.8 Å². The molecule has 4 rings (SSSR count). The van der Waals surface area contributed by atoms with Crippen LogP contribution in [0, 0.1) is 0 Å². The second-order valence-electron chi connectivity index (χ2n) is 7.19. The highest BCUT2D eigenvalue weighted by Crippen LogP contribution is 2.27. The fourth-order valence-electron chi connectivity index (χ4n) is 3.72. The number of carbonyl (C=O) groups excluding carboxylic acids is 3. The Labute approximate surface area is 172 Å². The minimum absolute atomic E-state index is 0.0194. The number of benzene rings is 1. The van der Waals surface area contributed by atoms with Crippen molar-refractivity contribution in [3.63, 3.8) is 0 Å². The van der Waals surface area contributed by atoms with Gasteiger partial charge in [0.2, 0.25) is 11.8 Å². The summed E-state index contributed by atoms with van der Waals surface area (Å²) < 4.78 is 0. The van der Waals surface area contributed by atoms with Crippen molar-refractivity contribution in [2.75, 3.05) is 13.1 Å². The third-order valence-electron chi connectivity index (χ3n) is 5.27. The summed E-state index contributed by atoms with van der Waals surface area (Å²) in [4.78, 5) is 42.5. The Morgan fingerprint density at radius 1 is 1.07 bits per heavy atom. The van der Waals surface area contributed by atoms with Crippen LogP contribution in [0.5, 0.6) is 0 Å². The van der Waals surface area contributed by atoms with Gasteiger partial charge in [-0.05, 0) is 17.5 Å². The molecule has 0 bridgehead atoms. The van der Waals surface area contributed by atoms with Gasteiger partial charge < -0.3 is 15.2 Å². The number of H-pyrrole nitrogens is 1. The van der Waals surface area contributed by atoms with E-state index in [1.54, 1.807) is 6.07 Å². The van der Waals surface area contributed by atoms with E-state index in [0.29, 0.717) is 24.5 Å². The highest BCUT2D eigenvalue weighted by Gasteiger charge is 2.23. The number of aromatic nitrogens is 1. The third-order valence-corrected chi connectivity index (χ3v) is 6.18. The van der Waals surface area contributed by atoms with Crippen molar-refractivity contribution in [2.24, 2.45) is 0 Å². The molecule has 1 aromatic carbocycles. The van der Waals surface area contributed by atoms with Gasteiger partial charge in [-0.1, -0.05) is 24.3 Å². The SMILES string of the molecule is O=C(CCC(=O)c1cccs1)NCCC(=O)N1CCc2[nH]c3ccccc3c2C1. The summed E-state index contributed by atoms with van der Waals surface area (Å²) in [5.41, 5.74) is 3.51. The van der Waals surface area contributed by atoms with Crippen molar-refractivity contribution < 1.29 is 14.4 Å². The van der Waals surface area contributed by atoms with Crippen LogP contribution in [0.3, 0.4) is 0 Å². The average molecular weight is 410 g/mol. The molecule has 0 radical (unpaired) electrons. The highest BCUT2D eigenvalue weighted by atomic mass is 32.1. The number of Topliss-reactive ketones (excluding diaryl/α,β-unsaturated/α-hetero) is 1. The lowest BCUT2D eigenvalue weighted by Crippen LogP contribution is -2.37. The molecule has 3 aromatic rings. The largest absolute Gasteiger partial charge is 0.358 e. The summed E-state index contributed by atoms with van der Waals surface area (Å²) in [6.45, 7) is 1.57. The molecule has 0 atom stereocenters. The Bertz CT molecular complexity index is 1040. The van der Waals surface area contributed by atoms with Gasteiger partial charge in [-0.3, -0.25) is 14.4 Å². The van der Waals surface area contributed by atoms with Crippen molar-refractivity contribution in [2.45, 2.75) is 32.2 Å². The molecule has 0 saturated heterocycles. The molecule has 0 fully saturated rings. The Morgan fingerprint density at radius 3 is 2.76 bits per heavy atom. The van der Waals surface area contributed by atoms with Crippen LogP contribution >= 0.6 is 11.3 Å². The van der Waals surface area contributed by atoms with E-state index < -0.39 is 0 Å². The molecule has 2 N–H and O–H groups in total. The van der Waals surface area contributed by atoms with Crippen LogP contribution in [0.25, 0.3) is 10.9 Å². The molecule has 6 nitrogen and oxygen atoms in total. The van der Waals surface area contributed by atoms with E-state index >= 15 is 0 Å². The first-order chi connectivity index (χ1) is 14.1. The van der Waals surface area contributed by atoms with Gasteiger partial charge in [0, 0.05) is 67.5 Å². The molecule has 0 unspecified atom stereocenters. The number of hydrogen-bond donors (Lipinski definition) is 2. The van der Waals surface area contributed by atoms with E-state index in [4.69, 9.17) is 0 Å². The molecule has 0 aliphatic carbocycles. The minimum atomic E-state index is -0.194.